The van der Waals surface area contributed by atoms with Crippen molar-refractivity contribution >= 4 is 11.5 Å². The molecular weight excluding hydrogens is 390 g/mol. The second kappa shape index (κ2) is 8.12. The van der Waals surface area contributed by atoms with Crippen molar-refractivity contribution in [2.75, 3.05) is 9.80 Å². The van der Waals surface area contributed by atoms with Crippen LogP contribution in [0.25, 0.3) is 11.3 Å². The molecule has 0 unspecified atom stereocenters. The van der Waals surface area contributed by atoms with Crippen molar-refractivity contribution in [2.45, 2.75) is 61.6 Å². The fourth-order valence-electron chi connectivity index (χ4n) is 5.33. The van der Waals surface area contributed by atoms with E-state index in [1.165, 1.54) is 61.7 Å². The lowest BCUT2D eigenvalue weighted by Crippen LogP contribution is -2.46. The lowest BCUT2D eigenvalue weighted by atomic mass is 9.95. The molecule has 32 heavy (non-hydrogen) atoms. The molecule has 2 aromatic carbocycles. The maximum Gasteiger partial charge on any atom is 0.286 e. The van der Waals surface area contributed by atoms with E-state index in [0.717, 1.165) is 0 Å². The molecule has 0 N–H and O–H groups in total. The van der Waals surface area contributed by atoms with Gasteiger partial charge in [0.15, 0.2) is 6.17 Å². The molecule has 0 aliphatic carbocycles. The largest absolute Gasteiger partial charge is 0.305 e. The Balaban J connectivity index is 1.83. The van der Waals surface area contributed by atoms with Gasteiger partial charge in [-0.2, -0.15) is 0 Å². The van der Waals surface area contributed by atoms with Crippen molar-refractivity contribution < 1.29 is 4.57 Å². The predicted octanol–water partition coefficient (Wildman–Crippen LogP) is 6.48. The summed E-state index contributed by atoms with van der Waals surface area (Å²) in [7, 11) is 2.21. The topological polar surface area (TPSA) is 10.4 Å². The first-order valence-corrected chi connectivity index (χ1v) is 11.5. The molecule has 0 bridgehead atoms. The highest BCUT2D eigenvalue weighted by atomic mass is 15.4. The Labute approximate surface area is 193 Å². The van der Waals surface area contributed by atoms with E-state index in [-0.39, 0.29) is 6.17 Å². The van der Waals surface area contributed by atoms with Gasteiger partial charge < -0.3 is 4.90 Å². The van der Waals surface area contributed by atoms with Gasteiger partial charge in [-0.1, -0.05) is 24.3 Å². The zero-order chi connectivity index (χ0) is 23.3. The molecule has 0 saturated heterocycles. The highest BCUT2D eigenvalue weighted by Crippen LogP contribution is 2.35. The van der Waals surface area contributed by atoms with E-state index >= 15 is 0 Å². The monoisotopic (exact) mass is 426 g/mol. The highest BCUT2D eigenvalue weighted by Gasteiger charge is 2.36. The van der Waals surface area contributed by atoms with Gasteiger partial charge in [0.2, 0.25) is 0 Å². The van der Waals surface area contributed by atoms with Crippen LogP contribution < -0.4 is 14.4 Å². The number of benzene rings is 2. The fraction of sp³-hybridized carbons (Fsp3) is 0.345. The van der Waals surface area contributed by atoms with Crippen LogP contribution in [0.5, 0.6) is 0 Å². The summed E-state index contributed by atoms with van der Waals surface area (Å²) in [6, 6.07) is 13.5. The number of hydrogen-bond acceptors (Lipinski definition) is 2. The fourth-order valence-corrected chi connectivity index (χ4v) is 5.33. The Hall–Kier alpha value is -3.07. The van der Waals surface area contributed by atoms with Crippen LogP contribution in [-0.4, -0.2) is 6.17 Å². The molecule has 1 aromatic heterocycles. The van der Waals surface area contributed by atoms with Crippen molar-refractivity contribution in [1.29, 1.82) is 0 Å². The average Bonchev–Trinajstić information content (AvgIpc) is 3.06. The van der Waals surface area contributed by atoms with Crippen LogP contribution in [0.1, 0.15) is 45.9 Å². The SMILES string of the molecule is Cc1cc(C)c(-c2c(C)cc(C)c(N3C=CN(c4c(C)cccc4C)[C@H]3C)[n+]2C)cc1C. The van der Waals surface area contributed by atoms with E-state index in [0.29, 0.717) is 0 Å². The van der Waals surface area contributed by atoms with Crippen LogP contribution in [0, 0.1) is 48.5 Å². The Morgan fingerprint density at radius 2 is 1.22 bits per heavy atom. The van der Waals surface area contributed by atoms with Gasteiger partial charge in [0.05, 0.1) is 12.7 Å². The molecule has 0 fully saturated rings. The summed E-state index contributed by atoms with van der Waals surface area (Å²) in [5.74, 6) is 1.24. The van der Waals surface area contributed by atoms with E-state index in [1.54, 1.807) is 0 Å². The highest BCUT2D eigenvalue weighted by molar-refractivity contribution is 5.69. The third-order valence-corrected chi connectivity index (χ3v) is 7.04. The summed E-state index contributed by atoms with van der Waals surface area (Å²) in [4.78, 5) is 4.80. The second-order valence-corrected chi connectivity index (χ2v) is 9.48. The van der Waals surface area contributed by atoms with Gasteiger partial charge in [0, 0.05) is 17.3 Å². The van der Waals surface area contributed by atoms with Gasteiger partial charge in [-0.3, -0.25) is 0 Å². The molecule has 3 nitrogen and oxygen atoms in total. The first kappa shape index (κ1) is 22.1. The van der Waals surface area contributed by atoms with Crippen molar-refractivity contribution in [3.8, 4) is 11.3 Å². The lowest BCUT2D eigenvalue weighted by Gasteiger charge is -2.28. The van der Waals surface area contributed by atoms with Crippen LogP contribution in [0.15, 0.2) is 48.8 Å². The smallest absolute Gasteiger partial charge is 0.286 e. The average molecular weight is 427 g/mol. The summed E-state index contributed by atoms with van der Waals surface area (Å²) in [5, 5.41) is 0. The molecule has 166 valence electrons. The molecule has 1 aliphatic rings. The molecule has 4 rings (SSSR count). The van der Waals surface area contributed by atoms with E-state index in [9.17, 15) is 0 Å². The summed E-state index contributed by atoms with van der Waals surface area (Å²) in [6.45, 7) is 17.8. The van der Waals surface area contributed by atoms with Gasteiger partial charge in [0.1, 0.15) is 11.9 Å². The summed E-state index contributed by atoms with van der Waals surface area (Å²) < 4.78 is 2.39. The Bertz CT molecular complexity index is 1220. The standard InChI is InChI=1S/C29H36N3/c1-18-11-10-12-19(2)27(18)31-13-14-32(25(31)8)29-24(7)16-23(6)28(30(29)9)26-17-21(4)20(3)15-22(26)5/h10-17,25H,1-9H3/q+1/t25-/m1/s1. The molecule has 3 aromatic rings. The first-order chi connectivity index (χ1) is 15.1. The molecule has 0 spiro atoms. The van der Waals surface area contributed by atoms with Gasteiger partial charge in [0.25, 0.3) is 5.82 Å². The third kappa shape index (κ3) is 3.50. The summed E-state index contributed by atoms with van der Waals surface area (Å²) in [6.07, 6.45) is 4.64. The lowest BCUT2D eigenvalue weighted by molar-refractivity contribution is -0.648. The van der Waals surface area contributed by atoms with E-state index in [4.69, 9.17) is 0 Å². The summed E-state index contributed by atoms with van der Waals surface area (Å²) in [5.41, 5.74) is 13.1. The first-order valence-electron chi connectivity index (χ1n) is 11.5. The Kier molecular flexibility index (Phi) is 5.62. The minimum Gasteiger partial charge on any atom is -0.305 e. The number of rotatable bonds is 3. The zero-order valence-corrected chi connectivity index (χ0v) is 21.0. The molecule has 1 aliphatic heterocycles. The van der Waals surface area contributed by atoms with E-state index < -0.39 is 0 Å². The molecule has 1 atom stereocenters. The summed E-state index contributed by atoms with van der Waals surface area (Å²) >= 11 is 0. The van der Waals surface area contributed by atoms with Gasteiger partial charge in [-0.25, -0.2) is 9.47 Å². The minimum atomic E-state index is 0.191. The number of aromatic nitrogens is 1. The Morgan fingerprint density at radius 3 is 1.88 bits per heavy atom. The van der Waals surface area contributed by atoms with Gasteiger partial charge in [-0.15, -0.1) is 0 Å². The van der Waals surface area contributed by atoms with Crippen molar-refractivity contribution in [3.63, 3.8) is 0 Å². The van der Waals surface area contributed by atoms with Crippen LogP contribution in [0.4, 0.5) is 11.5 Å². The predicted molar refractivity (Wildman–Crippen MR) is 136 cm³/mol. The molecule has 0 saturated carbocycles. The number of hydrogen-bond donors (Lipinski definition) is 0. The quantitative estimate of drug-likeness (QED) is 0.444. The van der Waals surface area contributed by atoms with Gasteiger partial charge in [-0.05, 0) is 101 Å². The number of aryl methyl sites for hydroxylation is 7. The Morgan fingerprint density at radius 1 is 0.656 bits per heavy atom. The van der Waals surface area contributed by atoms with Crippen molar-refractivity contribution in [3.05, 3.63) is 87.7 Å². The molecule has 0 amide bonds. The molecule has 3 heteroatoms. The van der Waals surface area contributed by atoms with Crippen LogP contribution >= 0.6 is 0 Å². The maximum atomic E-state index is 2.40. The van der Waals surface area contributed by atoms with Crippen LogP contribution in [-0.2, 0) is 7.05 Å². The maximum absolute atomic E-state index is 2.40. The number of anilines is 2. The van der Waals surface area contributed by atoms with Crippen molar-refractivity contribution in [2.24, 2.45) is 7.05 Å². The van der Waals surface area contributed by atoms with Crippen LogP contribution in [0.3, 0.4) is 0 Å². The minimum absolute atomic E-state index is 0.191. The normalized spacial score (nSPS) is 15.7. The van der Waals surface area contributed by atoms with Crippen molar-refractivity contribution in [1.82, 2.24) is 0 Å². The van der Waals surface area contributed by atoms with E-state index in [1.807, 2.05) is 0 Å². The molecule has 2 heterocycles. The number of para-hydroxylation sites is 1. The molecule has 0 radical (unpaired) electrons. The molecular formula is C29H36N3+. The van der Waals surface area contributed by atoms with Gasteiger partial charge >= 0.3 is 0 Å². The number of nitrogens with zero attached hydrogens (tertiary/aromatic N) is 3. The zero-order valence-electron chi connectivity index (χ0n) is 21.0. The number of pyridine rings is 1. The third-order valence-electron chi connectivity index (χ3n) is 7.04. The van der Waals surface area contributed by atoms with E-state index in [2.05, 4.69) is 126 Å². The van der Waals surface area contributed by atoms with Crippen LogP contribution in [0.2, 0.25) is 0 Å². The second-order valence-electron chi connectivity index (χ2n) is 9.48.